The normalized spacial score (nSPS) is 11.9. The molecule has 1 unspecified atom stereocenters. The summed E-state index contributed by atoms with van der Waals surface area (Å²) in [5.74, 6) is 1.52. The lowest BCUT2D eigenvalue weighted by atomic mass is 10.1. The predicted octanol–water partition coefficient (Wildman–Crippen LogP) is 3.80. The molecular weight excluding hydrogens is 408 g/mol. The molecule has 2 amide bonds. The number of rotatable bonds is 10. The number of ether oxygens (including phenoxy) is 3. The van der Waals surface area contributed by atoms with Gasteiger partial charge in [0.1, 0.15) is 23.3 Å². The van der Waals surface area contributed by atoms with E-state index in [-0.39, 0.29) is 25.0 Å². The van der Waals surface area contributed by atoms with Gasteiger partial charge in [-0.3, -0.25) is 9.59 Å². The molecule has 0 aliphatic carbocycles. The molecule has 2 rings (SSSR count). The largest absolute Gasteiger partial charge is 0.497 e. The minimum absolute atomic E-state index is 0.179. The zero-order valence-electron chi connectivity index (χ0n) is 19.8. The molecule has 0 aliphatic rings. The van der Waals surface area contributed by atoms with Crippen molar-refractivity contribution in [3.63, 3.8) is 0 Å². The van der Waals surface area contributed by atoms with Gasteiger partial charge in [-0.15, -0.1) is 0 Å². The maximum atomic E-state index is 13.2. The van der Waals surface area contributed by atoms with Crippen molar-refractivity contribution in [3.05, 3.63) is 54.1 Å². The van der Waals surface area contributed by atoms with Crippen LogP contribution in [0.2, 0.25) is 0 Å². The van der Waals surface area contributed by atoms with E-state index in [1.54, 1.807) is 43.4 Å². The van der Waals surface area contributed by atoms with Crippen LogP contribution in [0.3, 0.4) is 0 Å². The third-order valence-corrected chi connectivity index (χ3v) is 4.82. The Bertz CT molecular complexity index is 873. The number of carbonyl (C=O) groups is 2. The monoisotopic (exact) mass is 442 g/mol. The molecule has 0 aliphatic heterocycles. The van der Waals surface area contributed by atoms with Crippen LogP contribution in [0.5, 0.6) is 17.2 Å². The molecule has 2 aromatic rings. The summed E-state index contributed by atoms with van der Waals surface area (Å²) >= 11 is 0. The Morgan fingerprint density at radius 1 is 0.906 bits per heavy atom. The Morgan fingerprint density at radius 2 is 1.41 bits per heavy atom. The molecule has 0 fully saturated rings. The van der Waals surface area contributed by atoms with E-state index >= 15 is 0 Å². The summed E-state index contributed by atoms with van der Waals surface area (Å²) in [7, 11) is 3.19. The fraction of sp³-hybridized carbons (Fsp3) is 0.440. The molecule has 0 heterocycles. The van der Waals surface area contributed by atoms with Crippen molar-refractivity contribution in [1.82, 2.24) is 10.2 Å². The quantitative estimate of drug-likeness (QED) is 0.606. The highest BCUT2D eigenvalue weighted by molar-refractivity contribution is 5.88. The van der Waals surface area contributed by atoms with Gasteiger partial charge in [-0.2, -0.15) is 0 Å². The average Bonchev–Trinajstić information content (AvgIpc) is 2.77. The fourth-order valence-electron chi connectivity index (χ4n) is 3.20. The summed E-state index contributed by atoms with van der Waals surface area (Å²) in [6, 6.07) is 13.8. The van der Waals surface area contributed by atoms with Crippen LogP contribution in [0, 0.1) is 0 Å². The van der Waals surface area contributed by atoms with Crippen LogP contribution >= 0.6 is 0 Å². The molecule has 1 atom stereocenters. The van der Waals surface area contributed by atoms with Crippen molar-refractivity contribution in [2.45, 2.75) is 52.2 Å². The van der Waals surface area contributed by atoms with E-state index in [1.807, 2.05) is 52.0 Å². The zero-order chi connectivity index (χ0) is 23.7. The lowest BCUT2D eigenvalue weighted by molar-refractivity contribution is -0.143. The van der Waals surface area contributed by atoms with Gasteiger partial charge in [0.15, 0.2) is 6.61 Å². The minimum Gasteiger partial charge on any atom is -0.497 e. The summed E-state index contributed by atoms with van der Waals surface area (Å²) in [5, 5.41) is 2.99. The van der Waals surface area contributed by atoms with Gasteiger partial charge in [0, 0.05) is 12.1 Å². The van der Waals surface area contributed by atoms with Gasteiger partial charge in [-0.25, -0.2) is 0 Å². The number of carbonyl (C=O) groups excluding carboxylic acids is 2. The van der Waals surface area contributed by atoms with Crippen LogP contribution in [0.4, 0.5) is 0 Å². The van der Waals surface area contributed by atoms with Crippen molar-refractivity contribution in [1.29, 1.82) is 0 Å². The standard InChI is InChI=1S/C25H34N2O5/c1-7-22(24(29)26-25(2,3)4)27(16-18-8-10-19(30-5)11-9-18)23(28)17-32-21-14-12-20(31-6)13-15-21/h8-15,22H,7,16-17H2,1-6H3,(H,26,29). The van der Waals surface area contributed by atoms with Crippen LogP contribution in [0.15, 0.2) is 48.5 Å². The van der Waals surface area contributed by atoms with E-state index in [4.69, 9.17) is 14.2 Å². The van der Waals surface area contributed by atoms with E-state index in [2.05, 4.69) is 5.32 Å². The highest BCUT2D eigenvalue weighted by Crippen LogP contribution is 2.19. The molecule has 7 heteroatoms. The van der Waals surface area contributed by atoms with Gasteiger partial charge in [-0.1, -0.05) is 19.1 Å². The Kier molecular flexibility index (Phi) is 8.93. The zero-order valence-corrected chi connectivity index (χ0v) is 19.8. The Balaban J connectivity index is 2.21. The van der Waals surface area contributed by atoms with Crippen molar-refractivity contribution < 1.29 is 23.8 Å². The van der Waals surface area contributed by atoms with Gasteiger partial charge in [-0.05, 0) is 69.2 Å². The molecule has 0 saturated heterocycles. The molecule has 1 N–H and O–H groups in total. The number of amides is 2. The third kappa shape index (κ3) is 7.48. The predicted molar refractivity (Wildman–Crippen MR) is 124 cm³/mol. The van der Waals surface area contributed by atoms with Gasteiger partial charge >= 0.3 is 0 Å². The third-order valence-electron chi connectivity index (χ3n) is 4.82. The van der Waals surface area contributed by atoms with E-state index in [1.165, 1.54) is 0 Å². The van der Waals surface area contributed by atoms with E-state index < -0.39 is 11.6 Å². The maximum absolute atomic E-state index is 13.2. The lowest BCUT2D eigenvalue weighted by Crippen LogP contribution is -2.54. The maximum Gasteiger partial charge on any atom is 0.261 e. The number of hydrogen-bond acceptors (Lipinski definition) is 5. The van der Waals surface area contributed by atoms with E-state index in [9.17, 15) is 9.59 Å². The van der Waals surface area contributed by atoms with Crippen LogP contribution in [-0.4, -0.2) is 49.1 Å². The van der Waals surface area contributed by atoms with E-state index in [0.29, 0.717) is 17.9 Å². The van der Waals surface area contributed by atoms with E-state index in [0.717, 1.165) is 11.3 Å². The Morgan fingerprint density at radius 3 is 1.88 bits per heavy atom. The second-order valence-corrected chi connectivity index (χ2v) is 8.50. The molecular formula is C25H34N2O5. The Hall–Kier alpha value is -3.22. The van der Waals surface area contributed by atoms with Crippen LogP contribution < -0.4 is 19.5 Å². The molecule has 0 bridgehead atoms. The molecule has 0 saturated carbocycles. The number of methoxy groups -OCH3 is 2. The summed E-state index contributed by atoms with van der Waals surface area (Å²) in [4.78, 5) is 27.8. The van der Waals surface area contributed by atoms with Crippen molar-refractivity contribution in [2.75, 3.05) is 20.8 Å². The average molecular weight is 443 g/mol. The molecule has 0 aromatic heterocycles. The van der Waals surface area contributed by atoms with Gasteiger partial charge < -0.3 is 24.4 Å². The summed E-state index contributed by atoms with van der Waals surface area (Å²) < 4.78 is 16.1. The molecule has 174 valence electrons. The molecule has 2 aromatic carbocycles. The van der Waals surface area contributed by atoms with Crippen LogP contribution in [0.1, 0.15) is 39.7 Å². The smallest absolute Gasteiger partial charge is 0.261 e. The first-order chi connectivity index (χ1) is 15.2. The van der Waals surface area contributed by atoms with Gasteiger partial charge in [0.25, 0.3) is 5.91 Å². The van der Waals surface area contributed by atoms with Crippen LogP contribution in [0.25, 0.3) is 0 Å². The highest BCUT2D eigenvalue weighted by atomic mass is 16.5. The second-order valence-electron chi connectivity index (χ2n) is 8.50. The van der Waals surface area contributed by atoms with Gasteiger partial charge in [0.05, 0.1) is 14.2 Å². The first-order valence-corrected chi connectivity index (χ1v) is 10.7. The SMILES string of the molecule is CCC(C(=O)NC(C)(C)C)N(Cc1ccc(OC)cc1)C(=O)COc1ccc(OC)cc1. The lowest BCUT2D eigenvalue weighted by Gasteiger charge is -2.33. The van der Waals surface area contributed by atoms with Crippen molar-refractivity contribution >= 4 is 11.8 Å². The number of nitrogens with one attached hydrogen (secondary N) is 1. The number of benzene rings is 2. The number of nitrogens with zero attached hydrogens (tertiary/aromatic N) is 1. The topological polar surface area (TPSA) is 77.1 Å². The number of hydrogen-bond donors (Lipinski definition) is 1. The second kappa shape index (κ2) is 11.4. The molecule has 7 nitrogen and oxygen atoms in total. The molecule has 32 heavy (non-hydrogen) atoms. The summed E-state index contributed by atoms with van der Waals surface area (Å²) in [6.07, 6.45) is 0.479. The summed E-state index contributed by atoms with van der Waals surface area (Å²) in [6.45, 7) is 7.75. The molecule has 0 spiro atoms. The Labute approximate surface area is 190 Å². The van der Waals surface area contributed by atoms with Crippen LogP contribution in [-0.2, 0) is 16.1 Å². The van der Waals surface area contributed by atoms with Gasteiger partial charge in [0.2, 0.25) is 5.91 Å². The van der Waals surface area contributed by atoms with Crippen molar-refractivity contribution in [3.8, 4) is 17.2 Å². The minimum atomic E-state index is -0.622. The fourth-order valence-corrected chi connectivity index (χ4v) is 3.20. The first kappa shape index (κ1) is 25.0. The summed E-state index contributed by atoms with van der Waals surface area (Å²) in [5.41, 5.74) is 0.490. The highest BCUT2D eigenvalue weighted by Gasteiger charge is 2.30. The molecule has 0 radical (unpaired) electrons. The first-order valence-electron chi connectivity index (χ1n) is 10.7. The van der Waals surface area contributed by atoms with Crippen molar-refractivity contribution in [2.24, 2.45) is 0 Å².